The lowest BCUT2D eigenvalue weighted by Crippen LogP contribution is -2.35. The molecule has 0 bridgehead atoms. The molecule has 0 radical (unpaired) electrons. The van der Waals surface area contributed by atoms with Crippen LogP contribution in [0.25, 0.3) is 0 Å². The van der Waals surface area contributed by atoms with E-state index in [2.05, 4.69) is 9.88 Å². The summed E-state index contributed by atoms with van der Waals surface area (Å²) in [6.45, 7) is 3.08. The molecule has 9 nitrogen and oxygen atoms in total. The van der Waals surface area contributed by atoms with E-state index >= 15 is 0 Å². The summed E-state index contributed by atoms with van der Waals surface area (Å²) in [6.07, 6.45) is -0.709. The van der Waals surface area contributed by atoms with Crippen LogP contribution < -0.4 is 19.1 Å². The molecule has 3 aromatic rings. The summed E-state index contributed by atoms with van der Waals surface area (Å²) in [5, 5.41) is 10.9. The maximum atomic E-state index is 12.7. The van der Waals surface area contributed by atoms with Crippen molar-refractivity contribution in [3.8, 4) is 17.5 Å². The van der Waals surface area contributed by atoms with Gasteiger partial charge in [-0.3, -0.25) is 4.57 Å². The second-order valence-corrected chi connectivity index (χ2v) is 9.43. The topological polar surface area (TPSA) is 91.9 Å². The zero-order valence-electron chi connectivity index (χ0n) is 20.5. The van der Waals surface area contributed by atoms with E-state index in [0.717, 1.165) is 43.8 Å². The number of piperidine rings is 1. The number of aryl methyl sites for hydroxylation is 1. The van der Waals surface area contributed by atoms with Gasteiger partial charge in [0.25, 0.3) is 0 Å². The Morgan fingerprint density at radius 1 is 0.947 bits per heavy atom. The van der Waals surface area contributed by atoms with Crippen LogP contribution in [-0.4, -0.2) is 46.9 Å². The Morgan fingerprint density at radius 3 is 2.21 bits per heavy atom. The number of anilines is 1. The Bertz CT molecular complexity index is 1240. The maximum absolute atomic E-state index is 12.7. The van der Waals surface area contributed by atoms with Gasteiger partial charge in [-0.05, 0) is 72.2 Å². The van der Waals surface area contributed by atoms with Crippen LogP contribution in [-0.2, 0) is 12.7 Å². The highest BCUT2D eigenvalue weighted by Gasteiger charge is 2.30. The zero-order valence-corrected chi connectivity index (χ0v) is 20.5. The molecule has 1 fully saturated rings. The minimum atomic E-state index is -4.35. The van der Waals surface area contributed by atoms with Crippen LogP contribution in [0.5, 0.6) is 17.5 Å². The minimum absolute atomic E-state index is 0.229. The van der Waals surface area contributed by atoms with E-state index < -0.39 is 16.7 Å². The Labute approximate surface area is 216 Å². The molecule has 2 aliphatic heterocycles. The number of nitrogens with zero attached hydrogens (tertiary/aromatic N) is 4. The molecule has 0 saturated carbocycles. The summed E-state index contributed by atoms with van der Waals surface area (Å²) in [5.74, 6) is 1.26. The monoisotopic (exact) mass is 532 g/mol. The van der Waals surface area contributed by atoms with Gasteiger partial charge in [-0.25, -0.2) is 0 Å². The number of imidazole rings is 1. The minimum Gasteiger partial charge on any atom is -0.493 e. The van der Waals surface area contributed by atoms with Gasteiger partial charge < -0.3 is 29.2 Å². The summed E-state index contributed by atoms with van der Waals surface area (Å²) in [6, 6.07) is 12.9. The van der Waals surface area contributed by atoms with E-state index in [1.54, 1.807) is 4.57 Å². The van der Waals surface area contributed by atoms with Crippen LogP contribution in [0.2, 0.25) is 0 Å². The molecule has 5 rings (SSSR count). The van der Waals surface area contributed by atoms with Gasteiger partial charge in [0.05, 0.1) is 12.2 Å². The average molecular weight is 533 g/mol. The SMILES string of the molecule is O=[N+]([O-])c1cn2c(n1)OC(COc1ccc(N3CCC(COc4ccc(C(F)(F)F)cc4)CC3)cc1)CC2. The van der Waals surface area contributed by atoms with Gasteiger partial charge in [-0.15, -0.1) is 0 Å². The van der Waals surface area contributed by atoms with Crippen LogP contribution in [0, 0.1) is 16.0 Å². The lowest BCUT2D eigenvalue weighted by atomic mass is 9.97. The lowest BCUT2D eigenvalue weighted by molar-refractivity contribution is -0.389. The fraction of sp³-hybridized carbons (Fsp3) is 0.423. The van der Waals surface area contributed by atoms with Crippen molar-refractivity contribution in [1.29, 1.82) is 0 Å². The Kier molecular flexibility index (Phi) is 7.30. The van der Waals surface area contributed by atoms with E-state index in [9.17, 15) is 23.3 Å². The van der Waals surface area contributed by atoms with Crippen molar-refractivity contribution in [2.45, 2.75) is 38.1 Å². The highest BCUT2D eigenvalue weighted by atomic mass is 19.4. The Hall–Kier alpha value is -3.96. The van der Waals surface area contributed by atoms with Crippen molar-refractivity contribution in [2.75, 3.05) is 31.2 Å². The highest BCUT2D eigenvalue weighted by Crippen LogP contribution is 2.31. The van der Waals surface area contributed by atoms with E-state index in [-0.39, 0.29) is 17.9 Å². The Morgan fingerprint density at radius 2 is 1.58 bits per heavy atom. The summed E-state index contributed by atoms with van der Waals surface area (Å²) >= 11 is 0. The van der Waals surface area contributed by atoms with E-state index in [1.165, 1.54) is 18.3 Å². The normalized spacial score (nSPS) is 18.0. The fourth-order valence-corrected chi connectivity index (χ4v) is 4.59. The van der Waals surface area contributed by atoms with Gasteiger partial charge in [0.1, 0.15) is 30.4 Å². The van der Waals surface area contributed by atoms with Gasteiger partial charge in [0.15, 0.2) is 0 Å². The number of nitro groups is 1. The van der Waals surface area contributed by atoms with Crippen molar-refractivity contribution in [1.82, 2.24) is 9.55 Å². The van der Waals surface area contributed by atoms with Crippen LogP contribution in [0.3, 0.4) is 0 Å². The van der Waals surface area contributed by atoms with Crippen LogP contribution in [0.1, 0.15) is 24.8 Å². The molecule has 2 aliphatic rings. The standard InChI is InChI=1S/C26H27F3N4O5/c27-26(28,29)19-1-5-21(6-2-19)36-16-18-9-12-31(13-10-18)20-3-7-22(8-4-20)37-17-23-11-14-32-15-24(33(34)35)30-25(32)38-23/h1-8,15,18,23H,9-14,16-17H2. The van der Waals surface area contributed by atoms with E-state index in [4.69, 9.17) is 14.2 Å². The van der Waals surface area contributed by atoms with Crippen molar-refractivity contribution < 1.29 is 32.3 Å². The number of fused-ring (bicyclic) bond motifs is 1. The third-order valence-corrected chi connectivity index (χ3v) is 6.80. The van der Waals surface area contributed by atoms with Gasteiger partial charge >= 0.3 is 18.0 Å². The van der Waals surface area contributed by atoms with E-state index in [0.29, 0.717) is 43.6 Å². The number of alkyl halides is 3. The van der Waals surface area contributed by atoms with Crippen molar-refractivity contribution in [3.63, 3.8) is 0 Å². The molecular weight excluding hydrogens is 505 g/mol. The van der Waals surface area contributed by atoms with Gasteiger partial charge in [-0.1, -0.05) is 0 Å². The highest BCUT2D eigenvalue weighted by molar-refractivity contribution is 5.49. The molecule has 1 unspecified atom stereocenters. The number of ether oxygens (including phenoxy) is 3. The predicted molar refractivity (Wildman–Crippen MR) is 132 cm³/mol. The molecule has 3 heterocycles. The lowest BCUT2D eigenvalue weighted by Gasteiger charge is -2.33. The molecule has 1 aromatic heterocycles. The van der Waals surface area contributed by atoms with Crippen molar-refractivity contribution >= 4 is 11.5 Å². The first-order valence-corrected chi connectivity index (χ1v) is 12.4. The second-order valence-electron chi connectivity index (χ2n) is 9.43. The number of rotatable bonds is 8. The third kappa shape index (κ3) is 6.12. The molecule has 38 heavy (non-hydrogen) atoms. The van der Waals surface area contributed by atoms with Crippen molar-refractivity contribution in [2.24, 2.45) is 5.92 Å². The molecule has 0 N–H and O–H groups in total. The number of aromatic nitrogens is 2. The number of hydrogen-bond donors (Lipinski definition) is 0. The molecule has 0 amide bonds. The van der Waals surface area contributed by atoms with E-state index in [1.807, 2.05) is 24.3 Å². The van der Waals surface area contributed by atoms with Gasteiger partial charge in [0, 0.05) is 36.7 Å². The predicted octanol–water partition coefficient (Wildman–Crippen LogP) is 5.34. The van der Waals surface area contributed by atoms with Gasteiger partial charge in [-0.2, -0.15) is 13.2 Å². The maximum Gasteiger partial charge on any atom is 0.416 e. The van der Waals surface area contributed by atoms with Crippen LogP contribution >= 0.6 is 0 Å². The van der Waals surface area contributed by atoms with Crippen LogP contribution in [0.4, 0.5) is 24.7 Å². The zero-order chi connectivity index (χ0) is 26.7. The molecule has 1 saturated heterocycles. The molecule has 2 aromatic carbocycles. The fourth-order valence-electron chi connectivity index (χ4n) is 4.59. The van der Waals surface area contributed by atoms with Gasteiger partial charge in [0.2, 0.25) is 0 Å². The number of halogens is 3. The number of hydrogen-bond acceptors (Lipinski definition) is 7. The molecule has 0 spiro atoms. The summed E-state index contributed by atoms with van der Waals surface area (Å²) in [7, 11) is 0. The summed E-state index contributed by atoms with van der Waals surface area (Å²) in [5.41, 5.74) is 0.404. The summed E-state index contributed by atoms with van der Waals surface area (Å²) < 4.78 is 57.1. The molecular formula is C26H27F3N4O5. The van der Waals surface area contributed by atoms with Crippen LogP contribution in [0.15, 0.2) is 54.7 Å². The summed E-state index contributed by atoms with van der Waals surface area (Å²) in [4.78, 5) is 16.5. The smallest absolute Gasteiger partial charge is 0.416 e. The van der Waals surface area contributed by atoms with Crippen molar-refractivity contribution in [3.05, 3.63) is 70.4 Å². The molecule has 12 heteroatoms. The number of benzene rings is 2. The second kappa shape index (κ2) is 10.8. The molecule has 202 valence electrons. The quantitative estimate of drug-likeness (QED) is 0.286. The average Bonchev–Trinajstić information content (AvgIpc) is 3.35. The first-order valence-electron chi connectivity index (χ1n) is 12.4. The first-order chi connectivity index (χ1) is 18.2. The largest absolute Gasteiger partial charge is 0.493 e. The first kappa shape index (κ1) is 25.7. The third-order valence-electron chi connectivity index (χ3n) is 6.80. The molecule has 1 atom stereocenters. The Balaban J connectivity index is 1.04. The molecule has 0 aliphatic carbocycles.